The summed E-state index contributed by atoms with van der Waals surface area (Å²) in [5.41, 5.74) is 2.54. The van der Waals surface area contributed by atoms with Crippen LogP contribution in [0.25, 0.3) is 11.3 Å². The Hall–Kier alpha value is -1.82. The largest absolute Gasteiger partial charge is 0.496 e. The molecule has 0 saturated carbocycles. The van der Waals surface area contributed by atoms with Crippen LogP contribution in [0.3, 0.4) is 0 Å². The van der Waals surface area contributed by atoms with Gasteiger partial charge in [-0.1, -0.05) is 0 Å². The molecule has 5 nitrogen and oxygen atoms in total. The Kier molecular flexibility index (Phi) is 3.61. The lowest BCUT2D eigenvalue weighted by Gasteiger charge is -2.06. The second-order valence-corrected chi connectivity index (χ2v) is 4.92. The van der Waals surface area contributed by atoms with E-state index in [0.29, 0.717) is 10.2 Å². The molecule has 0 aliphatic carbocycles. The van der Waals surface area contributed by atoms with Crippen molar-refractivity contribution in [2.75, 3.05) is 7.11 Å². The van der Waals surface area contributed by atoms with E-state index in [1.807, 2.05) is 25.1 Å². The molecule has 6 heteroatoms. The number of methoxy groups -OCH3 is 1. The normalized spacial score (nSPS) is 10.5. The van der Waals surface area contributed by atoms with Crippen LogP contribution in [0, 0.1) is 6.92 Å². The van der Waals surface area contributed by atoms with E-state index < -0.39 is 5.97 Å². The first-order valence-corrected chi connectivity index (χ1v) is 6.35. The molecular weight excluding hydrogens is 312 g/mol. The Morgan fingerprint density at radius 1 is 1.47 bits per heavy atom. The highest BCUT2D eigenvalue weighted by atomic mass is 79.9. The molecular formula is C13H13BrN2O3. The monoisotopic (exact) mass is 324 g/mol. The molecule has 1 aromatic heterocycles. The van der Waals surface area contributed by atoms with Crippen molar-refractivity contribution in [3.8, 4) is 17.0 Å². The molecule has 0 spiro atoms. The summed E-state index contributed by atoms with van der Waals surface area (Å²) in [6.45, 7) is 1.93. The van der Waals surface area contributed by atoms with Gasteiger partial charge in [-0.3, -0.25) is 4.68 Å². The average Bonchev–Trinajstić information content (AvgIpc) is 2.64. The third-order valence-electron chi connectivity index (χ3n) is 2.86. The van der Waals surface area contributed by atoms with Gasteiger partial charge in [0.25, 0.3) is 0 Å². The number of rotatable bonds is 3. The summed E-state index contributed by atoms with van der Waals surface area (Å²) in [6, 6.07) is 5.61. The van der Waals surface area contributed by atoms with Crippen LogP contribution in [-0.4, -0.2) is 28.0 Å². The van der Waals surface area contributed by atoms with E-state index in [-0.39, 0.29) is 5.69 Å². The highest BCUT2D eigenvalue weighted by Crippen LogP contribution is 2.32. The summed E-state index contributed by atoms with van der Waals surface area (Å²) in [5.74, 6) is -0.229. The molecule has 0 radical (unpaired) electrons. The van der Waals surface area contributed by atoms with Crippen LogP contribution in [0.2, 0.25) is 0 Å². The van der Waals surface area contributed by atoms with Gasteiger partial charge in [0, 0.05) is 12.6 Å². The lowest BCUT2D eigenvalue weighted by atomic mass is 10.1. The van der Waals surface area contributed by atoms with Gasteiger partial charge in [0.15, 0.2) is 5.69 Å². The van der Waals surface area contributed by atoms with Crippen molar-refractivity contribution in [1.82, 2.24) is 9.78 Å². The van der Waals surface area contributed by atoms with Crippen LogP contribution in [0.4, 0.5) is 0 Å². The third kappa shape index (κ3) is 2.35. The minimum atomic E-state index is -1.02. The van der Waals surface area contributed by atoms with Gasteiger partial charge in [-0.2, -0.15) is 5.10 Å². The smallest absolute Gasteiger partial charge is 0.355 e. The van der Waals surface area contributed by atoms with E-state index in [9.17, 15) is 4.79 Å². The minimum Gasteiger partial charge on any atom is -0.496 e. The molecule has 1 heterocycles. The highest BCUT2D eigenvalue weighted by Gasteiger charge is 2.20. The van der Waals surface area contributed by atoms with Gasteiger partial charge in [-0.15, -0.1) is 0 Å². The Morgan fingerprint density at radius 2 is 2.16 bits per heavy atom. The quantitative estimate of drug-likeness (QED) is 0.942. The Labute approximate surface area is 118 Å². The number of nitrogens with zero attached hydrogens (tertiary/aromatic N) is 2. The van der Waals surface area contributed by atoms with Gasteiger partial charge in [-0.25, -0.2) is 4.79 Å². The molecule has 0 aliphatic heterocycles. The third-order valence-corrected chi connectivity index (χ3v) is 3.61. The molecule has 2 aromatic rings. The van der Waals surface area contributed by atoms with E-state index in [1.54, 1.807) is 14.2 Å². The fraction of sp³-hybridized carbons (Fsp3) is 0.231. The second-order valence-electron chi connectivity index (χ2n) is 4.12. The molecule has 19 heavy (non-hydrogen) atoms. The predicted molar refractivity (Wildman–Crippen MR) is 74.6 cm³/mol. The minimum absolute atomic E-state index is 0.128. The summed E-state index contributed by atoms with van der Waals surface area (Å²) in [5, 5.41) is 13.4. The fourth-order valence-electron chi connectivity index (χ4n) is 1.94. The number of carboxylic acids is 1. The van der Waals surface area contributed by atoms with E-state index in [0.717, 1.165) is 16.9 Å². The number of carbonyl (C=O) groups is 1. The first-order chi connectivity index (χ1) is 8.95. The number of benzene rings is 1. The first-order valence-electron chi connectivity index (χ1n) is 5.56. The number of hydrogen-bond donors (Lipinski definition) is 1. The summed E-state index contributed by atoms with van der Waals surface area (Å²) in [6.07, 6.45) is 0. The van der Waals surface area contributed by atoms with Crippen LogP contribution >= 0.6 is 15.9 Å². The van der Waals surface area contributed by atoms with Gasteiger partial charge in [0.1, 0.15) is 11.4 Å². The number of ether oxygens (including phenoxy) is 1. The lowest BCUT2D eigenvalue weighted by Crippen LogP contribution is -2.05. The molecule has 1 N–H and O–H groups in total. The maximum Gasteiger partial charge on any atom is 0.355 e. The first kappa shape index (κ1) is 13.6. The molecule has 0 aliphatic rings. The zero-order valence-electron chi connectivity index (χ0n) is 10.8. The summed E-state index contributed by atoms with van der Waals surface area (Å²) < 4.78 is 7.03. The number of carboxylic acid groups (broad SMARTS) is 1. The van der Waals surface area contributed by atoms with Gasteiger partial charge < -0.3 is 9.84 Å². The Morgan fingerprint density at radius 3 is 2.63 bits per heavy atom. The zero-order valence-corrected chi connectivity index (χ0v) is 12.4. The van der Waals surface area contributed by atoms with Crippen LogP contribution in [0.1, 0.15) is 16.1 Å². The summed E-state index contributed by atoms with van der Waals surface area (Å²) in [4.78, 5) is 11.1. The number of aryl methyl sites for hydroxylation is 2. The van der Waals surface area contributed by atoms with E-state index in [4.69, 9.17) is 9.84 Å². The number of aromatic carboxylic acids is 1. The lowest BCUT2D eigenvalue weighted by molar-refractivity contribution is 0.0684. The molecule has 0 unspecified atom stereocenters. The van der Waals surface area contributed by atoms with Gasteiger partial charge in [-0.05, 0) is 46.6 Å². The molecule has 0 atom stereocenters. The predicted octanol–water partition coefficient (Wildman–Crippen LogP) is 2.86. The van der Waals surface area contributed by atoms with Crippen LogP contribution < -0.4 is 4.74 Å². The van der Waals surface area contributed by atoms with Crippen molar-refractivity contribution in [3.05, 3.63) is 33.9 Å². The zero-order chi connectivity index (χ0) is 14.2. The molecule has 0 saturated heterocycles. The van der Waals surface area contributed by atoms with Crippen molar-refractivity contribution in [3.63, 3.8) is 0 Å². The van der Waals surface area contributed by atoms with Crippen molar-refractivity contribution < 1.29 is 14.6 Å². The standard InChI is InChI=1S/C13H13BrN2O3/c1-7-6-8(4-5-9(7)19-3)11-10(14)12(13(17)18)16(2)15-11/h4-6H,1-3H3,(H,17,18). The van der Waals surface area contributed by atoms with E-state index in [2.05, 4.69) is 21.0 Å². The number of halogens is 1. The average molecular weight is 325 g/mol. The van der Waals surface area contributed by atoms with Gasteiger partial charge in [0.2, 0.25) is 0 Å². The van der Waals surface area contributed by atoms with Crippen LogP contribution in [0.5, 0.6) is 5.75 Å². The summed E-state index contributed by atoms with van der Waals surface area (Å²) >= 11 is 3.30. The van der Waals surface area contributed by atoms with Crippen molar-refractivity contribution in [2.24, 2.45) is 7.05 Å². The maximum atomic E-state index is 11.1. The molecule has 0 fully saturated rings. The SMILES string of the molecule is COc1ccc(-c2nn(C)c(C(=O)O)c2Br)cc1C. The van der Waals surface area contributed by atoms with Crippen LogP contribution in [-0.2, 0) is 7.05 Å². The highest BCUT2D eigenvalue weighted by molar-refractivity contribution is 9.10. The van der Waals surface area contributed by atoms with Gasteiger partial charge >= 0.3 is 5.97 Å². The second kappa shape index (κ2) is 5.05. The number of aromatic nitrogens is 2. The topological polar surface area (TPSA) is 64.4 Å². The number of hydrogen-bond acceptors (Lipinski definition) is 3. The fourth-order valence-corrected chi connectivity index (χ4v) is 2.68. The van der Waals surface area contributed by atoms with E-state index >= 15 is 0 Å². The molecule has 2 rings (SSSR count). The Balaban J connectivity index is 2.57. The molecule has 1 aromatic carbocycles. The molecule has 0 amide bonds. The molecule has 0 bridgehead atoms. The van der Waals surface area contributed by atoms with Gasteiger partial charge in [0.05, 0.1) is 11.6 Å². The van der Waals surface area contributed by atoms with Crippen molar-refractivity contribution in [1.29, 1.82) is 0 Å². The van der Waals surface area contributed by atoms with Crippen LogP contribution in [0.15, 0.2) is 22.7 Å². The summed E-state index contributed by atoms with van der Waals surface area (Å²) in [7, 11) is 3.22. The maximum absolute atomic E-state index is 11.1. The Bertz CT molecular complexity index is 650. The van der Waals surface area contributed by atoms with E-state index in [1.165, 1.54) is 4.68 Å². The van der Waals surface area contributed by atoms with Crippen molar-refractivity contribution >= 4 is 21.9 Å². The molecule has 100 valence electrons. The van der Waals surface area contributed by atoms with Crippen molar-refractivity contribution in [2.45, 2.75) is 6.92 Å².